The molecule has 0 amide bonds. The summed E-state index contributed by atoms with van der Waals surface area (Å²) in [5.74, 6) is 0. The van der Waals surface area contributed by atoms with Gasteiger partial charge in [-0.1, -0.05) is 133 Å². The third-order valence-corrected chi connectivity index (χ3v) is 14.4. The van der Waals surface area contributed by atoms with Gasteiger partial charge in [0.15, 0.2) is 0 Å². The summed E-state index contributed by atoms with van der Waals surface area (Å²) in [4.78, 5) is 0. The minimum absolute atomic E-state index is 0.939. The smallest absolute Gasteiger partial charge is 0.143 e. The Labute approximate surface area is 335 Å². The van der Waals surface area contributed by atoms with E-state index in [-0.39, 0.29) is 0 Å². The summed E-state index contributed by atoms with van der Waals surface area (Å²) in [6.07, 6.45) is 0. The Hall–Kier alpha value is -6.78. The summed E-state index contributed by atoms with van der Waals surface area (Å²) < 4.78 is 12.0. The molecule has 0 fully saturated rings. The first kappa shape index (κ1) is 31.4. The minimum Gasteiger partial charge on any atom is -0.455 e. The molecular weight excluding hydrogens is 729 g/mol. The summed E-state index contributed by atoms with van der Waals surface area (Å²) in [7, 11) is 0. The molecule has 3 aromatic heterocycles. The average Bonchev–Trinajstić information content (AvgIpc) is 3.96. The maximum Gasteiger partial charge on any atom is 0.143 e. The van der Waals surface area contributed by atoms with Crippen LogP contribution >= 0.6 is 22.7 Å². The highest BCUT2D eigenvalue weighted by atomic mass is 32.1. The van der Waals surface area contributed by atoms with Crippen molar-refractivity contribution in [1.29, 1.82) is 0 Å². The number of rotatable bonds is 3. The molecule has 0 atom stereocenters. The second-order valence-electron chi connectivity index (χ2n) is 15.1. The summed E-state index contributed by atoms with van der Waals surface area (Å²) in [6.45, 7) is 0. The fraction of sp³-hybridized carbons (Fsp3) is 0. The molecule has 3 heteroatoms. The van der Waals surface area contributed by atoms with Crippen LogP contribution in [0.2, 0.25) is 0 Å². The lowest BCUT2D eigenvalue weighted by Gasteiger charge is -2.18. The molecule has 0 spiro atoms. The Balaban J connectivity index is 0.959. The van der Waals surface area contributed by atoms with Gasteiger partial charge in [0.2, 0.25) is 0 Å². The fourth-order valence-electron chi connectivity index (χ4n) is 9.50. The normalized spacial score (nSPS) is 12.2. The number of fused-ring (bicyclic) bond motifs is 14. The van der Waals surface area contributed by atoms with Crippen LogP contribution in [0.15, 0.2) is 186 Å². The van der Waals surface area contributed by atoms with E-state index in [1.807, 2.05) is 22.7 Å². The second kappa shape index (κ2) is 11.9. The van der Waals surface area contributed by atoms with Crippen molar-refractivity contribution in [3.05, 3.63) is 182 Å². The molecule has 0 radical (unpaired) electrons. The maximum atomic E-state index is 6.72. The van der Waals surface area contributed by atoms with Gasteiger partial charge >= 0.3 is 0 Å². The van der Waals surface area contributed by atoms with E-state index in [9.17, 15) is 0 Å². The van der Waals surface area contributed by atoms with Crippen molar-refractivity contribution < 1.29 is 4.42 Å². The van der Waals surface area contributed by atoms with Crippen molar-refractivity contribution in [2.75, 3.05) is 0 Å². The van der Waals surface area contributed by atoms with Crippen molar-refractivity contribution >= 4 is 117 Å². The van der Waals surface area contributed by atoms with Gasteiger partial charge in [0.25, 0.3) is 0 Å². The number of thiophene rings is 2. The van der Waals surface area contributed by atoms with E-state index >= 15 is 0 Å². The Morgan fingerprint density at radius 1 is 0.298 bits per heavy atom. The molecule has 0 saturated heterocycles. The fourth-order valence-corrected chi connectivity index (χ4v) is 11.7. The third kappa shape index (κ3) is 4.56. The zero-order chi connectivity index (χ0) is 37.2. The minimum atomic E-state index is 0.939. The first-order chi connectivity index (χ1) is 28.2. The second-order valence-corrected chi connectivity index (χ2v) is 17.3. The topological polar surface area (TPSA) is 13.1 Å². The maximum absolute atomic E-state index is 6.72. The van der Waals surface area contributed by atoms with Gasteiger partial charge in [-0.15, -0.1) is 22.7 Å². The monoisotopic (exact) mass is 758 g/mol. The molecule has 0 N–H and O–H groups in total. The van der Waals surface area contributed by atoms with E-state index in [2.05, 4.69) is 182 Å². The molecule has 264 valence electrons. The van der Waals surface area contributed by atoms with Gasteiger partial charge in [-0.05, 0) is 109 Å². The van der Waals surface area contributed by atoms with E-state index in [1.165, 1.54) is 111 Å². The van der Waals surface area contributed by atoms with Gasteiger partial charge < -0.3 is 4.42 Å². The zero-order valence-electron chi connectivity index (χ0n) is 30.5. The van der Waals surface area contributed by atoms with Gasteiger partial charge in [-0.3, -0.25) is 0 Å². The van der Waals surface area contributed by atoms with Crippen molar-refractivity contribution in [1.82, 2.24) is 0 Å². The Kier molecular flexibility index (Phi) is 6.54. The van der Waals surface area contributed by atoms with E-state index in [0.29, 0.717) is 0 Å². The number of benzene rings is 10. The predicted octanol–water partition coefficient (Wildman–Crippen LogP) is 16.8. The van der Waals surface area contributed by atoms with Gasteiger partial charge in [0.1, 0.15) is 11.2 Å². The Bertz CT molecular complexity index is 3750. The summed E-state index contributed by atoms with van der Waals surface area (Å²) in [5.41, 5.74) is 9.28. The standard InChI is InChI=1S/C54H30OS2/c1-3-12-39-37(10-1)50(38-11-2-4-13-40(38)51(39)35-24-27-48-44(30-35)36-9-5-7-15-46(36)56-48)33-20-17-31(18-21-33)34-22-19-32-23-25-42-52-45(55-54(42)43(32)29-34)26-28-49-53(52)41-14-6-8-16-47(41)57-49/h1-30H. The van der Waals surface area contributed by atoms with E-state index < -0.39 is 0 Å². The summed E-state index contributed by atoms with van der Waals surface area (Å²) in [6, 6.07) is 67.2. The van der Waals surface area contributed by atoms with Crippen LogP contribution in [0.3, 0.4) is 0 Å². The lowest BCUT2D eigenvalue weighted by Crippen LogP contribution is -1.91. The molecule has 0 aliphatic carbocycles. The first-order valence-electron chi connectivity index (χ1n) is 19.4. The van der Waals surface area contributed by atoms with Crippen LogP contribution in [-0.2, 0) is 0 Å². The largest absolute Gasteiger partial charge is 0.455 e. The van der Waals surface area contributed by atoms with Gasteiger partial charge in [0.05, 0.1) is 0 Å². The third-order valence-electron chi connectivity index (χ3n) is 12.1. The molecule has 10 aromatic carbocycles. The molecule has 0 aliphatic rings. The van der Waals surface area contributed by atoms with E-state index in [1.54, 1.807) is 0 Å². The number of furan rings is 1. The van der Waals surface area contributed by atoms with Crippen molar-refractivity contribution in [2.24, 2.45) is 0 Å². The summed E-state index contributed by atoms with van der Waals surface area (Å²) >= 11 is 3.72. The van der Waals surface area contributed by atoms with E-state index in [0.717, 1.165) is 16.6 Å². The highest BCUT2D eigenvalue weighted by Crippen LogP contribution is 2.47. The quantitative estimate of drug-likeness (QED) is 0.164. The van der Waals surface area contributed by atoms with Crippen LogP contribution in [0.1, 0.15) is 0 Å². The average molecular weight is 759 g/mol. The molecule has 13 aromatic rings. The molecule has 0 saturated carbocycles. The van der Waals surface area contributed by atoms with E-state index in [4.69, 9.17) is 4.42 Å². The summed E-state index contributed by atoms with van der Waals surface area (Å²) in [5, 5.41) is 15.0. The van der Waals surface area contributed by atoms with Crippen LogP contribution in [0.25, 0.3) is 128 Å². The molecule has 13 rings (SSSR count). The Morgan fingerprint density at radius 2 is 0.807 bits per heavy atom. The van der Waals surface area contributed by atoms with Crippen molar-refractivity contribution in [3.63, 3.8) is 0 Å². The molecule has 0 aliphatic heterocycles. The molecule has 0 unspecified atom stereocenters. The molecule has 1 nitrogen and oxygen atoms in total. The first-order valence-corrected chi connectivity index (χ1v) is 21.0. The lowest BCUT2D eigenvalue weighted by atomic mass is 9.85. The van der Waals surface area contributed by atoms with Gasteiger partial charge in [-0.2, -0.15) is 0 Å². The van der Waals surface area contributed by atoms with Crippen molar-refractivity contribution in [3.8, 4) is 33.4 Å². The number of hydrogen-bond acceptors (Lipinski definition) is 3. The molecule has 57 heavy (non-hydrogen) atoms. The van der Waals surface area contributed by atoms with Crippen LogP contribution in [0.5, 0.6) is 0 Å². The molecule has 0 bridgehead atoms. The lowest BCUT2D eigenvalue weighted by molar-refractivity contribution is 0.673. The Morgan fingerprint density at radius 3 is 1.54 bits per heavy atom. The molecule has 3 heterocycles. The SMILES string of the molecule is c1ccc2c(c1)sc1ccc(-c3c4ccccc4c(-c4ccc(-c5ccc6ccc7c(oc8ccc9sc%10ccccc%10c9c87)c6c5)cc4)c4ccccc34)cc12. The predicted molar refractivity (Wildman–Crippen MR) is 248 cm³/mol. The zero-order valence-corrected chi connectivity index (χ0v) is 32.2. The van der Waals surface area contributed by atoms with Crippen LogP contribution in [0, 0.1) is 0 Å². The van der Waals surface area contributed by atoms with Crippen molar-refractivity contribution in [2.45, 2.75) is 0 Å². The number of hydrogen-bond donors (Lipinski definition) is 0. The van der Waals surface area contributed by atoms with Gasteiger partial charge in [-0.25, -0.2) is 0 Å². The highest BCUT2D eigenvalue weighted by Gasteiger charge is 2.19. The highest BCUT2D eigenvalue weighted by molar-refractivity contribution is 7.26. The van der Waals surface area contributed by atoms with Crippen LogP contribution < -0.4 is 0 Å². The van der Waals surface area contributed by atoms with Crippen LogP contribution in [0.4, 0.5) is 0 Å². The molecular formula is C54H30OS2. The van der Waals surface area contributed by atoms with Gasteiger partial charge in [0, 0.05) is 56.5 Å². The van der Waals surface area contributed by atoms with Crippen LogP contribution in [-0.4, -0.2) is 0 Å².